The van der Waals surface area contributed by atoms with Gasteiger partial charge in [0.05, 0.1) is 0 Å². The molecule has 0 aliphatic carbocycles. The van der Waals surface area contributed by atoms with Crippen molar-refractivity contribution in [1.29, 1.82) is 0 Å². The van der Waals surface area contributed by atoms with E-state index in [0.29, 0.717) is 19.3 Å². The quantitative estimate of drug-likeness (QED) is 0.0261. The highest BCUT2D eigenvalue weighted by Gasteiger charge is 2.19. The first-order chi connectivity index (χ1) is 39.5. The van der Waals surface area contributed by atoms with E-state index in [2.05, 4.69) is 81.5 Å². The van der Waals surface area contributed by atoms with Gasteiger partial charge >= 0.3 is 17.9 Å². The molecule has 0 radical (unpaired) electrons. The number of carbonyl (C=O) groups is 3. The summed E-state index contributed by atoms with van der Waals surface area (Å²) in [7, 11) is 0. The van der Waals surface area contributed by atoms with Crippen LogP contribution in [0.25, 0.3) is 0 Å². The average molecular weight is 1120 g/mol. The van der Waals surface area contributed by atoms with Gasteiger partial charge in [-0.2, -0.15) is 0 Å². The zero-order valence-corrected chi connectivity index (χ0v) is 53.6. The summed E-state index contributed by atoms with van der Waals surface area (Å²) < 4.78 is 17.0. The number of carbonyl (C=O) groups excluding carboxylic acids is 3. The maximum atomic E-state index is 13.0. The molecule has 0 bridgehead atoms. The van der Waals surface area contributed by atoms with Gasteiger partial charge in [0, 0.05) is 19.3 Å². The average Bonchev–Trinajstić information content (AvgIpc) is 3.46. The van der Waals surface area contributed by atoms with Gasteiger partial charge in [0.2, 0.25) is 0 Å². The van der Waals surface area contributed by atoms with Crippen LogP contribution in [0.5, 0.6) is 0 Å². The van der Waals surface area contributed by atoms with Crippen molar-refractivity contribution in [1.82, 2.24) is 0 Å². The van der Waals surface area contributed by atoms with Crippen LogP contribution >= 0.6 is 0 Å². The molecule has 0 rings (SSSR count). The van der Waals surface area contributed by atoms with Gasteiger partial charge in [-0.1, -0.05) is 326 Å². The highest BCUT2D eigenvalue weighted by Crippen LogP contribution is 2.18. The van der Waals surface area contributed by atoms with Crippen molar-refractivity contribution in [2.45, 2.75) is 380 Å². The summed E-state index contributed by atoms with van der Waals surface area (Å²) in [6.45, 7) is 6.67. The van der Waals surface area contributed by atoms with E-state index in [1.54, 1.807) is 0 Å². The zero-order valence-electron chi connectivity index (χ0n) is 53.6. The second kappa shape index (κ2) is 68.6. The lowest BCUT2D eigenvalue weighted by Gasteiger charge is -2.18. The molecule has 80 heavy (non-hydrogen) atoms. The van der Waals surface area contributed by atoms with Crippen LogP contribution in [-0.2, 0) is 28.6 Å². The van der Waals surface area contributed by atoms with Crippen LogP contribution in [0.1, 0.15) is 374 Å². The van der Waals surface area contributed by atoms with Crippen LogP contribution in [0.3, 0.4) is 0 Å². The molecular formula is C74H134O6. The van der Waals surface area contributed by atoms with Crippen LogP contribution in [-0.4, -0.2) is 37.2 Å². The van der Waals surface area contributed by atoms with Gasteiger partial charge in [-0.15, -0.1) is 0 Å². The van der Waals surface area contributed by atoms with E-state index in [1.165, 1.54) is 250 Å². The highest BCUT2D eigenvalue weighted by atomic mass is 16.6. The minimum atomic E-state index is -0.779. The molecule has 6 heteroatoms. The van der Waals surface area contributed by atoms with Gasteiger partial charge in [0.1, 0.15) is 13.2 Å². The fourth-order valence-corrected chi connectivity index (χ4v) is 10.4. The van der Waals surface area contributed by atoms with Crippen molar-refractivity contribution in [2.24, 2.45) is 0 Å². The molecule has 0 amide bonds. The number of hydrogen-bond donors (Lipinski definition) is 0. The van der Waals surface area contributed by atoms with Crippen LogP contribution in [0.15, 0.2) is 60.8 Å². The Labute approximate surface area is 498 Å². The van der Waals surface area contributed by atoms with E-state index in [9.17, 15) is 14.4 Å². The molecule has 0 aromatic carbocycles. The summed E-state index contributed by atoms with van der Waals surface area (Å²) in [4.78, 5) is 38.5. The fraction of sp³-hybridized carbons (Fsp3) is 0.824. The first-order valence-corrected chi connectivity index (χ1v) is 35.3. The number of allylic oxidation sites excluding steroid dienone is 10. The normalized spacial score (nSPS) is 12.4. The Balaban J connectivity index is 4.34. The summed E-state index contributed by atoms with van der Waals surface area (Å²) >= 11 is 0. The number of hydrogen-bond acceptors (Lipinski definition) is 6. The fourth-order valence-electron chi connectivity index (χ4n) is 10.4. The Bertz CT molecular complexity index is 1430. The molecule has 1 unspecified atom stereocenters. The molecule has 0 aromatic rings. The molecule has 0 aromatic heterocycles. The molecular weight excluding hydrogens is 985 g/mol. The molecule has 1 atom stereocenters. The van der Waals surface area contributed by atoms with Gasteiger partial charge < -0.3 is 14.2 Å². The van der Waals surface area contributed by atoms with Gasteiger partial charge in [-0.3, -0.25) is 14.4 Å². The molecule has 466 valence electrons. The second-order valence-electron chi connectivity index (χ2n) is 23.8. The maximum Gasteiger partial charge on any atom is 0.306 e. The lowest BCUT2D eigenvalue weighted by atomic mass is 10.0. The largest absolute Gasteiger partial charge is 0.462 e. The first-order valence-electron chi connectivity index (χ1n) is 35.3. The highest BCUT2D eigenvalue weighted by molar-refractivity contribution is 5.71. The number of esters is 3. The van der Waals surface area contributed by atoms with E-state index in [4.69, 9.17) is 14.2 Å². The molecule has 0 N–H and O–H groups in total. The SMILES string of the molecule is CCCCCCC/C=C\C/C=C\C/C=C\CCCCCCCCCCC(=O)OCC(COC(=O)CCCCCCCCCCCCCCCCCC)OC(=O)CCCCCCCCCCCCC/C=C\C/C=C\CCCCCCC. The van der Waals surface area contributed by atoms with Gasteiger partial charge in [0.15, 0.2) is 6.10 Å². The van der Waals surface area contributed by atoms with Crippen molar-refractivity contribution in [3.8, 4) is 0 Å². The lowest BCUT2D eigenvalue weighted by Crippen LogP contribution is -2.30. The number of unbranched alkanes of at least 4 members (excludes halogenated alkanes) is 44. The van der Waals surface area contributed by atoms with Crippen molar-refractivity contribution in [2.75, 3.05) is 13.2 Å². The number of ether oxygens (including phenoxy) is 3. The number of rotatable bonds is 65. The molecule has 0 heterocycles. The van der Waals surface area contributed by atoms with E-state index in [0.717, 1.165) is 83.5 Å². The smallest absolute Gasteiger partial charge is 0.306 e. The van der Waals surface area contributed by atoms with Crippen LogP contribution in [0, 0.1) is 0 Å². The molecule has 0 aliphatic heterocycles. The Morgan fingerprint density at radius 1 is 0.250 bits per heavy atom. The first kappa shape index (κ1) is 77.1. The second-order valence-corrected chi connectivity index (χ2v) is 23.8. The van der Waals surface area contributed by atoms with E-state index in [1.807, 2.05) is 0 Å². The monoisotopic (exact) mass is 1120 g/mol. The van der Waals surface area contributed by atoms with Gasteiger partial charge in [0.25, 0.3) is 0 Å². The van der Waals surface area contributed by atoms with Crippen molar-refractivity contribution >= 4 is 17.9 Å². The molecule has 0 saturated heterocycles. The van der Waals surface area contributed by atoms with E-state index >= 15 is 0 Å². The predicted octanol–water partition coefficient (Wildman–Crippen LogP) is 24.3. The molecule has 0 aliphatic rings. The molecule has 0 spiro atoms. The van der Waals surface area contributed by atoms with Crippen molar-refractivity contribution in [3.05, 3.63) is 60.8 Å². The summed E-state index contributed by atoms with van der Waals surface area (Å²) in [5.74, 6) is -0.858. The third-order valence-electron chi connectivity index (χ3n) is 15.7. The third kappa shape index (κ3) is 65.9. The standard InChI is InChI=1S/C74H134O6/c1-4-7-10-13-16-19-22-25-28-31-33-35-37-39-41-43-46-49-52-55-58-61-64-67-73(76)79-70-71(69-78-72(75)66-63-60-57-54-51-48-45-30-27-24-21-18-15-12-9-6-3)80-74(77)68-65-62-59-56-53-50-47-44-42-40-38-36-34-32-29-26-23-20-17-14-11-8-5-2/h22-23,25-26,31-34,37,39,71H,4-21,24,27-30,35-36,38,40-70H2,1-3H3/b25-22-,26-23-,33-31-,34-32-,39-37-. The summed E-state index contributed by atoms with van der Waals surface area (Å²) in [5, 5.41) is 0. The van der Waals surface area contributed by atoms with Gasteiger partial charge in [-0.05, 0) is 89.9 Å². The predicted molar refractivity (Wildman–Crippen MR) is 348 cm³/mol. The molecule has 6 nitrogen and oxygen atoms in total. The van der Waals surface area contributed by atoms with Crippen molar-refractivity contribution in [3.63, 3.8) is 0 Å². The van der Waals surface area contributed by atoms with Crippen LogP contribution in [0.4, 0.5) is 0 Å². The Morgan fingerprint density at radius 2 is 0.450 bits per heavy atom. The lowest BCUT2D eigenvalue weighted by molar-refractivity contribution is -0.167. The van der Waals surface area contributed by atoms with Gasteiger partial charge in [-0.25, -0.2) is 0 Å². The summed E-state index contributed by atoms with van der Waals surface area (Å²) in [5.41, 5.74) is 0. The summed E-state index contributed by atoms with van der Waals surface area (Å²) in [6, 6.07) is 0. The molecule has 0 fully saturated rings. The molecule has 0 saturated carbocycles. The van der Waals surface area contributed by atoms with Crippen LogP contribution in [0.2, 0.25) is 0 Å². The van der Waals surface area contributed by atoms with E-state index in [-0.39, 0.29) is 31.1 Å². The third-order valence-corrected chi connectivity index (χ3v) is 15.7. The zero-order chi connectivity index (χ0) is 57.8. The van der Waals surface area contributed by atoms with E-state index < -0.39 is 6.10 Å². The maximum absolute atomic E-state index is 13.0. The minimum absolute atomic E-state index is 0.0734. The Kier molecular flexibility index (Phi) is 66.1. The van der Waals surface area contributed by atoms with Crippen LogP contribution < -0.4 is 0 Å². The van der Waals surface area contributed by atoms with Crippen molar-refractivity contribution < 1.29 is 28.6 Å². The Hall–Kier alpha value is -2.89. The summed E-state index contributed by atoms with van der Waals surface area (Å²) in [6.07, 6.45) is 88.0. The topological polar surface area (TPSA) is 78.9 Å². The minimum Gasteiger partial charge on any atom is -0.462 e. The Morgan fingerprint density at radius 3 is 0.700 bits per heavy atom.